The summed E-state index contributed by atoms with van der Waals surface area (Å²) in [6.07, 6.45) is 2.58. The molecule has 0 aliphatic heterocycles. The van der Waals surface area contributed by atoms with E-state index in [2.05, 4.69) is 4.98 Å². The van der Waals surface area contributed by atoms with Gasteiger partial charge in [0.1, 0.15) is 0 Å². The van der Waals surface area contributed by atoms with Gasteiger partial charge in [-0.25, -0.2) is 13.2 Å². The molecule has 0 aliphatic rings. The van der Waals surface area contributed by atoms with Gasteiger partial charge in [-0.1, -0.05) is 0 Å². The lowest BCUT2D eigenvalue weighted by molar-refractivity contribution is 0.0988. The zero-order chi connectivity index (χ0) is 14.0. The quantitative estimate of drug-likeness (QED) is 0.686. The van der Waals surface area contributed by atoms with Crippen LogP contribution >= 0.6 is 0 Å². The molecule has 1 heterocycles. The second-order valence-electron chi connectivity index (χ2n) is 3.90. The number of rotatable bonds is 3. The number of Topliss-reactive ketones (excluding diaryl/α,β-unsaturated/α-hetero) is 1. The minimum atomic E-state index is -1.66. The number of nitrogens with two attached hydrogens (primary N) is 1. The van der Waals surface area contributed by atoms with E-state index in [-0.39, 0.29) is 6.42 Å². The zero-order valence-corrected chi connectivity index (χ0v) is 9.66. The van der Waals surface area contributed by atoms with Gasteiger partial charge in [0.25, 0.3) is 0 Å². The third-order valence-electron chi connectivity index (χ3n) is 2.63. The first-order valence-corrected chi connectivity index (χ1v) is 5.35. The van der Waals surface area contributed by atoms with E-state index in [9.17, 15) is 18.0 Å². The molecule has 0 bridgehead atoms. The Hall–Kier alpha value is -2.37. The fraction of sp³-hybridized carbons (Fsp3) is 0.0769. The summed E-state index contributed by atoms with van der Waals surface area (Å²) < 4.78 is 39.2. The highest BCUT2D eigenvalue weighted by Gasteiger charge is 2.19. The largest absolute Gasteiger partial charge is 0.398 e. The Morgan fingerprint density at radius 1 is 1.16 bits per heavy atom. The van der Waals surface area contributed by atoms with Crippen LogP contribution in [0.2, 0.25) is 0 Å². The highest BCUT2D eigenvalue weighted by atomic mass is 19.2. The smallest absolute Gasteiger partial charge is 0.195 e. The first-order chi connectivity index (χ1) is 9.00. The van der Waals surface area contributed by atoms with Crippen LogP contribution < -0.4 is 5.73 Å². The van der Waals surface area contributed by atoms with Gasteiger partial charge in [-0.05, 0) is 18.2 Å². The van der Waals surface area contributed by atoms with Gasteiger partial charge in [0.05, 0.1) is 5.56 Å². The molecule has 0 unspecified atom stereocenters. The first-order valence-electron chi connectivity index (χ1n) is 5.35. The number of hydrogen-bond donors (Lipinski definition) is 1. The number of ketones is 1. The monoisotopic (exact) mass is 266 g/mol. The number of aromatic nitrogens is 1. The molecule has 0 saturated heterocycles. The van der Waals surface area contributed by atoms with E-state index in [0.29, 0.717) is 17.3 Å². The number of nitrogen functional groups attached to an aromatic ring is 1. The highest BCUT2D eigenvalue weighted by molar-refractivity contribution is 5.98. The molecule has 0 spiro atoms. The van der Waals surface area contributed by atoms with Gasteiger partial charge in [0.15, 0.2) is 23.2 Å². The maximum Gasteiger partial charge on any atom is 0.195 e. The second-order valence-corrected chi connectivity index (χ2v) is 3.90. The molecule has 19 heavy (non-hydrogen) atoms. The molecule has 2 N–H and O–H groups in total. The average Bonchev–Trinajstić information content (AvgIpc) is 2.39. The van der Waals surface area contributed by atoms with Crippen LogP contribution in [0.4, 0.5) is 18.9 Å². The molecule has 6 heteroatoms. The number of benzene rings is 1. The van der Waals surface area contributed by atoms with Crippen molar-refractivity contribution in [3.63, 3.8) is 0 Å². The van der Waals surface area contributed by atoms with E-state index in [4.69, 9.17) is 5.73 Å². The number of carbonyl (C=O) groups is 1. The van der Waals surface area contributed by atoms with Crippen molar-refractivity contribution in [3.8, 4) is 0 Å². The molecule has 0 fully saturated rings. The van der Waals surface area contributed by atoms with E-state index in [1.54, 1.807) is 0 Å². The van der Waals surface area contributed by atoms with Crippen molar-refractivity contribution < 1.29 is 18.0 Å². The Morgan fingerprint density at radius 2 is 1.89 bits per heavy atom. The number of hydrogen-bond acceptors (Lipinski definition) is 3. The van der Waals surface area contributed by atoms with Gasteiger partial charge < -0.3 is 5.73 Å². The SMILES string of the molecule is Nc1ccncc1CC(=O)c1ccc(F)c(F)c1F. The Labute approximate surface area is 106 Å². The molecule has 1 aromatic heterocycles. The molecule has 1 aromatic carbocycles. The lowest BCUT2D eigenvalue weighted by Crippen LogP contribution is -2.10. The summed E-state index contributed by atoms with van der Waals surface area (Å²) in [5.74, 6) is -5.19. The first kappa shape index (κ1) is 13.1. The summed E-state index contributed by atoms with van der Waals surface area (Å²) in [6, 6.07) is 3.10. The van der Waals surface area contributed by atoms with E-state index in [1.165, 1.54) is 18.5 Å². The van der Waals surface area contributed by atoms with Crippen molar-refractivity contribution in [3.05, 3.63) is 59.2 Å². The Balaban J connectivity index is 2.31. The maximum atomic E-state index is 13.4. The van der Waals surface area contributed by atoms with Gasteiger partial charge in [0.2, 0.25) is 0 Å². The lowest BCUT2D eigenvalue weighted by atomic mass is 10.0. The molecule has 0 radical (unpaired) electrons. The fourth-order valence-electron chi connectivity index (χ4n) is 1.60. The molecule has 0 aliphatic carbocycles. The van der Waals surface area contributed by atoms with Crippen molar-refractivity contribution in [2.75, 3.05) is 5.73 Å². The molecule has 0 atom stereocenters. The summed E-state index contributed by atoms with van der Waals surface area (Å²) in [5.41, 5.74) is 5.83. The zero-order valence-electron chi connectivity index (χ0n) is 9.66. The van der Waals surface area contributed by atoms with Crippen LogP contribution in [0.1, 0.15) is 15.9 Å². The van der Waals surface area contributed by atoms with Crippen molar-refractivity contribution in [2.45, 2.75) is 6.42 Å². The van der Waals surface area contributed by atoms with E-state index in [1.807, 2.05) is 0 Å². The standard InChI is InChI=1S/C13H9F3N2O/c14-9-2-1-8(12(15)13(9)16)11(19)5-7-6-18-4-3-10(7)17/h1-4,6H,5H2,(H2,17,18). The van der Waals surface area contributed by atoms with Crippen LogP contribution in [0.3, 0.4) is 0 Å². The van der Waals surface area contributed by atoms with Crippen molar-refractivity contribution >= 4 is 11.5 Å². The molecule has 3 nitrogen and oxygen atoms in total. The van der Waals surface area contributed by atoms with Crippen LogP contribution in [-0.4, -0.2) is 10.8 Å². The predicted octanol–water partition coefficient (Wildman–Crippen LogP) is 2.51. The van der Waals surface area contributed by atoms with Gasteiger partial charge in [0, 0.05) is 30.1 Å². The summed E-state index contributed by atoms with van der Waals surface area (Å²) >= 11 is 0. The minimum Gasteiger partial charge on any atom is -0.398 e. The molecular weight excluding hydrogens is 257 g/mol. The minimum absolute atomic E-state index is 0.234. The van der Waals surface area contributed by atoms with Crippen LogP contribution in [0.25, 0.3) is 0 Å². The molecule has 0 amide bonds. The number of carbonyl (C=O) groups excluding carboxylic acids is 1. The molecule has 2 rings (SSSR count). The van der Waals surface area contributed by atoms with Crippen molar-refractivity contribution in [1.82, 2.24) is 4.98 Å². The Morgan fingerprint density at radius 3 is 2.58 bits per heavy atom. The van der Waals surface area contributed by atoms with Crippen LogP contribution in [0.5, 0.6) is 0 Å². The van der Waals surface area contributed by atoms with Gasteiger partial charge >= 0.3 is 0 Å². The highest BCUT2D eigenvalue weighted by Crippen LogP contribution is 2.18. The summed E-state index contributed by atoms with van der Waals surface area (Å²) in [6.45, 7) is 0. The van der Waals surface area contributed by atoms with Gasteiger partial charge in [-0.15, -0.1) is 0 Å². The number of pyridine rings is 1. The molecule has 98 valence electrons. The fourth-order valence-corrected chi connectivity index (χ4v) is 1.60. The van der Waals surface area contributed by atoms with E-state index >= 15 is 0 Å². The number of nitrogens with zero attached hydrogens (tertiary/aromatic N) is 1. The number of halogens is 3. The van der Waals surface area contributed by atoms with E-state index < -0.39 is 28.8 Å². The second kappa shape index (κ2) is 5.09. The van der Waals surface area contributed by atoms with E-state index in [0.717, 1.165) is 6.07 Å². The summed E-state index contributed by atoms with van der Waals surface area (Å²) in [4.78, 5) is 15.6. The summed E-state index contributed by atoms with van der Waals surface area (Å²) in [7, 11) is 0. The van der Waals surface area contributed by atoms with Crippen molar-refractivity contribution in [2.24, 2.45) is 0 Å². The summed E-state index contributed by atoms with van der Waals surface area (Å²) in [5, 5.41) is 0. The average molecular weight is 266 g/mol. The van der Waals surface area contributed by atoms with Gasteiger partial charge in [-0.3, -0.25) is 9.78 Å². The maximum absolute atomic E-state index is 13.4. The molecule has 0 saturated carbocycles. The topological polar surface area (TPSA) is 56.0 Å². The predicted molar refractivity (Wildman–Crippen MR) is 63.0 cm³/mol. The number of anilines is 1. The Bertz CT molecular complexity index is 644. The van der Waals surface area contributed by atoms with Crippen LogP contribution in [0.15, 0.2) is 30.6 Å². The third kappa shape index (κ3) is 2.57. The molecule has 2 aromatic rings. The lowest BCUT2D eigenvalue weighted by Gasteiger charge is -2.06. The van der Waals surface area contributed by atoms with Crippen LogP contribution in [0, 0.1) is 17.5 Å². The van der Waals surface area contributed by atoms with Gasteiger partial charge in [-0.2, -0.15) is 0 Å². The Kier molecular flexibility index (Phi) is 3.50. The third-order valence-corrected chi connectivity index (χ3v) is 2.63. The molecular formula is C13H9F3N2O. The van der Waals surface area contributed by atoms with Crippen LogP contribution in [-0.2, 0) is 6.42 Å². The van der Waals surface area contributed by atoms with Crippen molar-refractivity contribution in [1.29, 1.82) is 0 Å². The normalized spacial score (nSPS) is 10.5.